The number of rotatable bonds is 7. The molecule has 0 atom stereocenters. The van der Waals surface area contributed by atoms with Gasteiger partial charge in [-0.3, -0.25) is 9.59 Å². The van der Waals surface area contributed by atoms with E-state index in [1.54, 1.807) is 0 Å². The van der Waals surface area contributed by atoms with Crippen LogP contribution in [0.4, 0.5) is 0 Å². The van der Waals surface area contributed by atoms with Crippen molar-refractivity contribution >= 4 is 50.7 Å². The van der Waals surface area contributed by atoms with E-state index in [0.717, 1.165) is 23.5 Å². The monoisotopic (exact) mass is 483 g/mol. The lowest BCUT2D eigenvalue weighted by molar-refractivity contribution is -0.118. The molecule has 3 rings (SSSR count). The maximum atomic E-state index is 12.7. The first-order chi connectivity index (χ1) is 14.3. The topological polar surface area (TPSA) is 109 Å². The zero-order chi connectivity index (χ0) is 21.7. The Morgan fingerprint density at radius 1 is 1.10 bits per heavy atom. The van der Waals surface area contributed by atoms with Gasteiger partial charge < -0.3 is 10.3 Å². The van der Waals surface area contributed by atoms with Gasteiger partial charge in [-0.25, -0.2) is 13.4 Å². The Labute approximate surface area is 186 Å². The van der Waals surface area contributed by atoms with Gasteiger partial charge in [0.05, 0.1) is 16.8 Å². The number of halogens is 2. The molecule has 7 nitrogen and oxygen atoms in total. The average Bonchev–Trinajstić information content (AvgIpc) is 2.70. The number of hydrogen-bond acceptors (Lipinski definition) is 6. The number of sulfone groups is 1. The maximum Gasteiger partial charge on any atom is 0.270 e. The van der Waals surface area contributed by atoms with Gasteiger partial charge in [-0.15, -0.1) is 0 Å². The summed E-state index contributed by atoms with van der Waals surface area (Å²) in [5.74, 6) is -0.247. The van der Waals surface area contributed by atoms with Gasteiger partial charge in [-0.05, 0) is 23.8 Å². The van der Waals surface area contributed by atoms with E-state index in [1.807, 2.05) is 30.3 Å². The summed E-state index contributed by atoms with van der Waals surface area (Å²) in [5, 5.41) is 3.12. The highest BCUT2D eigenvalue weighted by molar-refractivity contribution is 7.99. The molecule has 1 aromatic heterocycles. The van der Waals surface area contributed by atoms with Crippen LogP contribution in [0.3, 0.4) is 0 Å². The number of aromatic nitrogens is 2. The normalized spacial score (nSPS) is 11.3. The Kier molecular flexibility index (Phi) is 7.19. The quantitative estimate of drug-likeness (QED) is 0.394. The van der Waals surface area contributed by atoms with Crippen LogP contribution in [0.25, 0.3) is 0 Å². The molecule has 0 aliphatic rings. The number of benzene rings is 2. The van der Waals surface area contributed by atoms with Crippen LogP contribution in [0.5, 0.6) is 0 Å². The summed E-state index contributed by atoms with van der Waals surface area (Å²) in [6, 6.07) is 13.2. The van der Waals surface area contributed by atoms with Gasteiger partial charge in [-0.2, -0.15) is 0 Å². The summed E-state index contributed by atoms with van der Waals surface area (Å²) in [5.41, 5.74) is 0.103. The number of nitrogens with one attached hydrogen (secondary N) is 2. The van der Waals surface area contributed by atoms with Crippen molar-refractivity contribution in [3.05, 3.63) is 80.7 Å². The number of amides is 1. The van der Waals surface area contributed by atoms with Crippen LogP contribution in [-0.2, 0) is 21.2 Å². The molecule has 2 N–H and O–H groups in total. The molecule has 0 spiro atoms. The lowest BCUT2D eigenvalue weighted by Gasteiger charge is -2.07. The molecule has 1 heterocycles. The third kappa shape index (κ3) is 5.63. The van der Waals surface area contributed by atoms with Crippen molar-refractivity contribution in [2.45, 2.75) is 21.5 Å². The van der Waals surface area contributed by atoms with Crippen LogP contribution in [0.1, 0.15) is 5.56 Å². The Balaban J connectivity index is 1.67. The van der Waals surface area contributed by atoms with E-state index in [-0.39, 0.29) is 31.8 Å². The van der Waals surface area contributed by atoms with Crippen molar-refractivity contribution in [2.75, 3.05) is 5.75 Å². The molecule has 0 unspecified atom stereocenters. The number of thioether (sulfide) groups is 1. The standard InChI is InChI=1S/C19H15Cl2N3O4S2/c20-13-6-14(21)8-15(7-13)30(27,28)16-10-23-19(24-18(16)26)29-11-17(25)22-9-12-4-2-1-3-5-12/h1-8,10H,9,11H2,(H,22,25)(H,23,24,26). The molecule has 0 saturated carbocycles. The first-order valence-corrected chi connectivity index (χ1v) is 11.7. The van der Waals surface area contributed by atoms with E-state index in [2.05, 4.69) is 15.3 Å². The van der Waals surface area contributed by atoms with Gasteiger partial charge in [-0.1, -0.05) is 65.3 Å². The summed E-state index contributed by atoms with van der Waals surface area (Å²) >= 11 is 12.7. The molecule has 0 aliphatic heterocycles. The molecular weight excluding hydrogens is 469 g/mol. The molecule has 3 aromatic rings. The maximum absolute atomic E-state index is 12.7. The summed E-state index contributed by atoms with van der Waals surface area (Å²) in [4.78, 5) is 29.9. The number of H-pyrrole nitrogens is 1. The first-order valence-electron chi connectivity index (χ1n) is 8.49. The zero-order valence-electron chi connectivity index (χ0n) is 15.3. The summed E-state index contributed by atoms with van der Waals surface area (Å²) < 4.78 is 25.4. The highest BCUT2D eigenvalue weighted by atomic mass is 35.5. The average molecular weight is 484 g/mol. The number of carbonyl (C=O) groups excluding carboxylic acids is 1. The fraction of sp³-hybridized carbons (Fsp3) is 0.105. The highest BCUT2D eigenvalue weighted by Crippen LogP contribution is 2.26. The van der Waals surface area contributed by atoms with Crippen LogP contribution in [0, 0.1) is 0 Å². The summed E-state index contributed by atoms with van der Waals surface area (Å²) in [7, 11) is -4.17. The summed E-state index contributed by atoms with van der Waals surface area (Å²) in [6.45, 7) is 0.379. The molecule has 0 aliphatic carbocycles. The predicted molar refractivity (Wildman–Crippen MR) is 116 cm³/mol. The highest BCUT2D eigenvalue weighted by Gasteiger charge is 2.23. The van der Waals surface area contributed by atoms with Gasteiger partial charge >= 0.3 is 0 Å². The minimum Gasteiger partial charge on any atom is -0.351 e. The van der Waals surface area contributed by atoms with Crippen molar-refractivity contribution in [2.24, 2.45) is 0 Å². The van der Waals surface area contributed by atoms with Crippen molar-refractivity contribution in [3.63, 3.8) is 0 Å². The molecule has 156 valence electrons. The lowest BCUT2D eigenvalue weighted by Crippen LogP contribution is -2.25. The van der Waals surface area contributed by atoms with E-state index in [4.69, 9.17) is 23.2 Å². The van der Waals surface area contributed by atoms with E-state index in [1.165, 1.54) is 18.2 Å². The fourth-order valence-corrected chi connectivity index (χ4v) is 5.05. The Bertz CT molecular complexity index is 1210. The lowest BCUT2D eigenvalue weighted by atomic mass is 10.2. The first kappa shape index (κ1) is 22.4. The van der Waals surface area contributed by atoms with Crippen molar-refractivity contribution in [1.29, 1.82) is 0 Å². The van der Waals surface area contributed by atoms with Gasteiger partial charge in [0.15, 0.2) is 10.1 Å². The SMILES string of the molecule is O=C(CSc1ncc(S(=O)(=O)c2cc(Cl)cc(Cl)c2)c(=O)[nH]1)NCc1ccccc1. The molecule has 0 saturated heterocycles. The second-order valence-electron chi connectivity index (χ2n) is 6.04. The van der Waals surface area contributed by atoms with Crippen LogP contribution in [-0.4, -0.2) is 30.0 Å². The van der Waals surface area contributed by atoms with Gasteiger partial charge in [0.2, 0.25) is 15.7 Å². The Hall–Kier alpha value is -2.33. The third-order valence-electron chi connectivity index (χ3n) is 3.85. The zero-order valence-corrected chi connectivity index (χ0v) is 18.4. The minimum atomic E-state index is -4.17. The fourth-order valence-electron chi connectivity index (χ4n) is 2.42. The van der Waals surface area contributed by atoms with Gasteiger partial charge in [0, 0.05) is 16.6 Å². The number of aromatic amines is 1. The van der Waals surface area contributed by atoms with Crippen LogP contribution >= 0.6 is 35.0 Å². The van der Waals surface area contributed by atoms with Crippen LogP contribution < -0.4 is 10.9 Å². The molecule has 0 fully saturated rings. The van der Waals surface area contributed by atoms with Crippen molar-refractivity contribution in [3.8, 4) is 0 Å². The molecule has 1 amide bonds. The molecule has 30 heavy (non-hydrogen) atoms. The van der Waals surface area contributed by atoms with Crippen molar-refractivity contribution < 1.29 is 13.2 Å². The van der Waals surface area contributed by atoms with Gasteiger partial charge in [0.1, 0.15) is 0 Å². The smallest absolute Gasteiger partial charge is 0.270 e. The third-order valence-corrected chi connectivity index (χ3v) is 6.90. The predicted octanol–water partition coefficient (Wildman–Crippen LogP) is 3.32. The molecular formula is C19H15Cl2N3O4S2. The summed E-state index contributed by atoms with van der Waals surface area (Å²) in [6.07, 6.45) is 0.952. The number of hydrogen-bond donors (Lipinski definition) is 2. The van der Waals surface area contributed by atoms with Crippen molar-refractivity contribution in [1.82, 2.24) is 15.3 Å². The van der Waals surface area contributed by atoms with E-state index in [9.17, 15) is 18.0 Å². The van der Waals surface area contributed by atoms with Gasteiger partial charge in [0.25, 0.3) is 5.56 Å². The number of carbonyl (C=O) groups is 1. The van der Waals surface area contributed by atoms with Crippen LogP contribution in [0.2, 0.25) is 10.0 Å². The Morgan fingerprint density at radius 3 is 2.40 bits per heavy atom. The second-order valence-corrected chi connectivity index (χ2v) is 9.80. The molecule has 0 radical (unpaired) electrons. The second kappa shape index (κ2) is 9.65. The number of nitrogens with zero attached hydrogens (tertiary/aromatic N) is 1. The van der Waals surface area contributed by atoms with E-state index in [0.29, 0.717) is 6.54 Å². The Morgan fingerprint density at radius 2 is 1.77 bits per heavy atom. The molecule has 2 aromatic carbocycles. The molecule has 11 heteroatoms. The van der Waals surface area contributed by atoms with E-state index >= 15 is 0 Å². The van der Waals surface area contributed by atoms with E-state index < -0.39 is 20.3 Å². The van der Waals surface area contributed by atoms with Crippen LogP contribution in [0.15, 0.2) is 74.5 Å². The largest absolute Gasteiger partial charge is 0.351 e. The molecule has 0 bridgehead atoms. The minimum absolute atomic E-state index is 0.00573.